The second-order valence-electron chi connectivity index (χ2n) is 7.04. The number of hydrogen-bond acceptors (Lipinski definition) is 5. The van der Waals surface area contributed by atoms with Crippen molar-refractivity contribution < 1.29 is 14.3 Å². The van der Waals surface area contributed by atoms with Gasteiger partial charge in [-0.25, -0.2) is 4.98 Å². The van der Waals surface area contributed by atoms with Crippen LogP contribution < -0.4 is 10.1 Å². The van der Waals surface area contributed by atoms with Crippen LogP contribution in [0.4, 0.5) is 0 Å². The Kier molecular flexibility index (Phi) is 5.76. The number of amides is 2. The molecule has 0 aliphatic carbocycles. The summed E-state index contributed by atoms with van der Waals surface area (Å²) >= 11 is 1.61. The third kappa shape index (κ3) is 4.40. The number of para-hydroxylation sites is 2. The SMILES string of the molecule is CNC(=O)C1CC(Oc2ccccc2)CN1C(=O)CCc1nc2ccccc2s1. The number of carbonyl (C=O) groups is 2. The van der Waals surface area contributed by atoms with E-state index in [0.29, 0.717) is 25.8 Å². The zero-order chi connectivity index (χ0) is 20.2. The van der Waals surface area contributed by atoms with Crippen molar-refractivity contribution in [2.75, 3.05) is 13.6 Å². The highest BCUT2D eigenvalue weighted by Crippen LogP contribution is 2.26. The molecule has 0 bridgehead atoms. The molecule has 1 aromatic heterocycles. The number of benzene rings is 2. The standard InChI is InChI=1S/C22H23N3O3S/c1-23-22(27)18-13-16(28-15-7-3-2-4-8-15)14-25(18)21(26)12-11-20-24-17-9-5-6-10-19(17)29-20/h2-10,16,18H,11-14H2,1H3,(H,23,27). The van der Waals surface area contributed by atoms with Gasteiger partial charge in [-0.3, -0.25) is 9.59 Å². The van der Waals surface area contributed by atoms with Crippen LogP contribution in [0, 0.1) is 0 Å². The van der Waals surface area contributed by atoms with E-state index in [1.165, 1.54) is 0 Å². The first-order valence-electron chi connectivity index (χ1n) is 9.71. The summed E-state index contributed by atoms with van der Waals surface area (Å²) < 4.78 is 7.12. The van der Waals surface area contributed by atoms with Crippen molar-refractivity contribution in [3.63, 3.8) is 0 Å². The summed E-state index contributed by atoms with van der Waals surface area (Å²) in [5.74, 6) is 0.548. The molecule has 1 N–H and O–H groups in total. The first-order chi connectivity index (χ1) is 14.1. The van der Waals surface area contributed by atoms with E-state index in [9.17, 15) is 9.59 Å². The molecule has 3 aromatic rings. The molecule has 4 rings (SSSR count). The van der Waals surface area contributed by atoms with Crippen LogP contribution in [-0.4, -0.2) is 47.4 Å². The molecule has 1 aliphatic heterocycles. The van der Waals surface area contributed by atoms with E-state index >= 15 is 0 Å². The second-order valence-corrected chi connectivity index (χ2v) is 8.16. The lowest BCUT2D eigenvalue weighted by Gasteiger charge is -2.22. The fourth-order valence-electron chi connectivity index (χ4n) is 3.65. The number of ether oxygens (including phenoxy) is 1. The molecule has 0 spiro atoms. The lowest BCUT2D eigenvalue weighted by molar-refractivity contribution is -0.138. The number of likely N-dealkylation sites (tertiary alicyclic amines) is 1. The predicted octanol–water partition coefficient (Wildman–Crippen LogP) is 3.02. The van der Waals surface area contributed by atoms with Gasteiger partial charge < -0.3 is 15.0 Å². The van der Waals surface area contributed by atoms with Crippen LogP contribution >= 0.6 is 11.3 Å². The molecular formula is C22H23N3O3S. The number of aromatic nitrogens is 1. The summed E-state index contributed by atoms with van der Waals surface area (Å²) in [4.78, 5) is 31.5. The van der Waals surface area contributed by atoms with Crippen molar-refractivity contribution in [3.05, 3.63) is 59.6 Å². The van der Waals surface area contributed by atoms with Crippen LogP contribution in [0.25, 0.3) is 10.2 Å². The summed E-state index contributed by atoms with van der Waals surface area (Å²) in [7, 11) is 1.59. The third-order valence-corrected chi connectivity index (χ3v) is 6.17. The Labute approximate surface area is 173 Å². The van der Waals surface area contributed by atoms with Gasteiger partial charge in [0.2, 0.25) is 11.8 Å². The molecule has 1 fully saturated rings. The van der Waals surface area contributed by atoms with E-state index in [0.717, 1.165) is 21.0 Å². The molecule has 0 saturated carbocycles. The van der Waals surface area contributed by atoms with Crippen molar-refractivity contribution >= 4 is 33.4 Å². The topological polar surface area (TPSA) is 71.5 Å². The smallest absolute Gasteiger partial charge is 0.242 e. The Morgan fingerprint density at radius 1 is 1.17 bits per heavy atom. The van der Waals surface area contributed by atoms with Gasteiger partial charge >= 0.3 is 0 Å². The predicted molar refractivity (Wildman–Crippen MR) is 113 cm³/mol. The molecule has 150 valence electrons. The lowest BCUT2D eigenvalue weighted by Crippen LogP contribution is -2.45. The summed E-state index contributed by atoms with van der Waals surface area (Å²) in [6, 6.07) is 16.9. The van der Waals surface area contributed by atoms with Crippen molar-refractivity contribution in [2.24, 2.45) is 0 Å². The van der Waals surface area contributed by atoms with Crippen LogP contribution in [0.3, 0.4) is 0 Å². The number of aryl methyl sites for hydroxylation is 1. The third-order valence-electron chi connectivity index (χ3n) is 5.07. The van der Waals surface area contributed by atoms with Crippen LogP contribution in [0.2, 0.25) is 0 Å². The zero-order valence-electron chi connectivity index (χ0n) is 16.2. The van der Waals surface area contributed by atoms with E-state index in [-0.39, 0.29) is 17.9 Å². The van der Waals surface area contributed by atoms with Crippen molar-refractivity contribution in [2.45, 2.75) is 31.4 Å². The summed E-state index contributed by atoms with van der Waals surface area (Å²) in [6.07, 6.45) is 1.18. The number of likely N-dealkylation sites (N-methyl/N-ethyl adjacent to an activating group) is 1. The molecule has 2 atom stereocenters. The number of nitrogens with one attached hydrogen (secondary N) is 1. The molecule has 2 unspecified atom stereocenters. The Balaban J connectivity index is 1.42. The number of fused-ring (bicyclic) bond motifs is 1. The highest BCUT2D eigenvalue weighted by molar-refractivity contribution is 7.18. The average molecular weight is 410 g/mol. The maximum Gasteiger partial charge on any atom is 0.242 e. The van der Waals surface area contributed by atoms with E-state index in [1.807, 2.05) is 54.6 Å². The molecule has 29 heavy (non-hydrogen) atoms. The maximum absolute atomic E-state index is 12.9. The molecule has 1 aliphatic rings. The molecule has 2 heterocycles. The molecule has 0 radical (unpaired) electrons. The van der Waals surface area contributed by atoms with Gasteiger partial charge in [0.05, 0.1) is 21.8 Å². The van der Waals surface area contributed by atoms with Crippen LogP contribution in [0.1, 0.15) is 17.8 Å². The molecule has 2 aromatic carbocycles. The number of rotatable bonds is 6. The van der Waals surface area contributed by atoms with Gasteiger partial charge in [0.1, 0.15) is 17.9 Å². The van der Waals surface area contributed by atoms with Gasteiger partial charge in [0.25, 0.3) is 0 Å². The van der Waals surface area contributed by atoms with E-state index in [2.05, 4.69) is 10.3 Å². The summed E-state index contributed by atoms with van der Waals surface area (Å²) in [5, 5.41) is 3.61. The first-order valence-corrected chi connectivity index (χ1v) is 10.5. The summed E-state index contributed by atoms with van der Waals surface area (Å²) in [5.41, 5.74) is 0.959. The molecule has 7 heteroatoms. The molecular weight excluding hydrogens is 386 g/mol. The Bertz CT molecular complexity index is 972. The quantitative estimate of drug-likeness (QED) is 0.679. The fraction of sp³-hybridized carbons (Fsp3) is 0.318. The highest BCUT2D eigenvalue weighted by Gasteiger charge is 2.40. The Morgan fingerprint density at radius 3 is 2.69 bits per heavy atom. The lowest BCUT2D eigenvalue weighted by atomic mass is 10.1. The van der Waals surface area contributed by atoms with Gasteiger partial charge in [-0.2, -0.15) is 0 Å². The van der Waals surface area contributed by atoms with Gasteiger partial charge in [0.15, 0.2) is 0 Å². The Hall–Kier alpha value is -2.93. The van der Waals surface area contributed by atoms with Gasteiger partial charge in [-0.15, -0.1) is 11.3 Å². The monoisotopic (exact) mass is 409 g/mol. The van der Waals surface area contributed by atoms with E-state index in [4.69, 9.17) is 4.74 Å². The van der Waals surface area contributed by atoms with Crippen LogP contribution in [0.15, 0.2) is 54.6 Å². The van der Waals surface area contributed by atoms with Crippen molar-refractivity contribution in [1.29, 1.82) is 0 Å². The first kappa shape index (κ1) is 19.4. The molecule has 1 saturated heterocycles. The minimum absolute atomic E-state index is 0.0444. The number of thiazole rings is 1. The summed E-state index contributed by atoms with van der Waals surface area (Å²) in [6.45, 7) is 0.408. The van der Waals surface area contributed by atoms with Crippen LogP contribution in [-0.2, 0) is 16.0 Å². The van der Waals surface area contributed by atoms with E-state index < -0.39 is 6.04 Å². The molecule has 6 nitrogen and oxygen atoms in total. The number of nitrogens with zero attached hydrogens (tertiary/aromatic N) is 2. The largest absolute Gasteiger partial charge is 0.488 e. The highest BCUT2D eigenvalue weighted by atomic mass is 32.1. The fourth-order valence-corrected chi connectivity index (χ4v) is 4.62. The normalized spacial score (nSPS) is 18.7. The van der Waals surface area contributed by atoms with Crippen LogP contribution in [0.5, 0.6) is 5.75 Å². The van der Waals surface area contributed by atoms with E-state index in [1.54, 1.807) is 23.3 Å². The number of hydrogen-bond donors (Lipinski definition) is 1. The minimum Gasteiger partial charge on any atom is -0.488 e. The zero-order valence-corrected chi connectivity index (χ0v) is 17.0. The van der Waals surface area contributed by atoms with Gasteiger partial charge in [-0.1, -0.05) is 30.3 Å². The Morgan fingerprint density at radius 2 is 1.93 bits per heavy atom. The van der Waals surface area contributed by atoms with Gasteiger partial charge in [0, 0.05) is 26.3 Å². The average Bonchev–Trinajstić information content (AvgIpc) is 3.36. The molecule has 2 amide bonds. The maximum atomic E-state index is 12.9. The van der Waals surface area contributed by atoms with Crippen molar-refractivity contribution in [3.8, 4) is 5.75 Å². The minimum atomic E-state index is -0.503. The van der Waals surface area contributed by atoms with Crippen molar-refractivity contribution in [1.82, 2.24) is 15.2 Å². The second kappa shape index (κ2) is 8.61. The number of carbonyl (C=O) groups excluding carboxylic acids is 2. The van der Waals surface area contributed by atoms with Gasteiger partial charge in [-0.05, 0) is 24.3 Å².